The highest BCUT2D eigenvalue weighted by Gasteiger charge is 2.03. The van der Waals surface area contributed by atoms with E-state index in [0.29, 0.717) is 0 Å². The molecule has 0 atom stereocenters. The highest BCUT2D eigenvalue weighted by molar-refractivity contribution is 5.66. The predicted octanol–water partition coefficient (Wildman–Crippen LogP) is 3.30. The Morgan fingerprint density at radius 3 is 1.92 bits per heavy atom. The van der Waals surface area contributed by atoms with Crippen LogP contribution in [0.5, 0.6) is 5.88 Å². The van der Waals surface area contributed by atoms with Gasteiger partial charge in [0.05, 0.1) is 7.11 Å². The standard InChI is InChI=1S/C12H10.C8H9NO4/c1-3-7-11(8-4-1)12-9-5-2-6-10-12;1-13-7-4-6(10)2-3-9(7)5-8(11)12/h1-10H;2-4H,5H2,1H3,(H,11,12). The van der Waals surface area contributed by atoms with Crippen molar-refractivity contribution in [3.63, 3.8) is 0 Å². The van der Waals surface area contributed by atoms with Crippen LogP contribution < -0.4 is 10.2 Å². The van der Waals surface area contributed by atoms with Gasteiger partial charge in [0.2, 0.25) is 0 Å². The number of hydrogen-bond acceptors (Lipinski definition) is 3. The molecule has 3 rings (SSSR count). The fourth-order valence-electron chi connectivity index (χ4n) is 2.20. The Hall–Kier alpha value is -3.34. The van der Waals surface area contributed by atoms with Crippen molar-refractivity contribution in [1.29, 1.82) is 0 Å². The molecule has 1 aromatic heterocycles. The molecule has 0 radical (unpaired) electrons. The third-order valence-electron chi connectivity index (χ3n) is 3.36. The van der Waals surface area contributed by atoms with E-state index in [-0.39, 0.29) is 17.9 Å². The number of nitrogens with zero attached hydrogens (tertiary/aromatic N) is 1. The molecule has 0 fully saturated rings. The molecule has 3 aromatic rings. The first-order valence-corrected chi connectivity index (χ1v) is 7.67. The van der Waals surface area contributed by atoms with Crippen LogP contribution in [0.3, 0.4) is 0 Å². The van der Waals surface area contributed by atoms with Crippen LogP contribution in [0.1, 0.15) is 0 Å². The average molecular weight is 337 g/mol. The smallest absolute Gasteiger partial charge is 0.323 e. The summed E-state index contributed by atoms with van der Waals surface area (Å²) in [6, 6.07) is 23.3. The van der Waals surface area contributed by atoms with E-state index in [9.17, 15) is 9.59 Å². The summed E-state index contributed by atoms with van der Waals surface area (Å²) in [5, 5.41) is 8.50. The van der Waals surface area contributed by atoms with Crippen LogP contribution in [-0.4, -0.2) is 22.8 Å². The van der Waals surface area contributed by atoms with Gasteiger partial charge in [0.1, 0.15) is 6.54 Å². The minimum absolute atomic E-state index is 0.210. The van der Waals surface area contributed by atoms with Gasteiger partial charge in [-0.25, -0.2) is 0 Å². The molecule has 0 amide bonds. The molecule has 0 bridgehead atoms. The maximum absolute atomic E-state index is 10.8. The highest BCUT2D eigenvalue weighted by Crippen LogP contribution is 2.17. The molecule has 0 saturated carbocycles. The second-order valence-corrected chi connectivity index (χ2v) is 5.16. The summed E-state index contributed by atoms with van der Waals surface area (Å²) in [6.07, 6.45) is 1.38. The first-order chi connectivity index (χ1) is 12.1. The number of carboxylic acids is 1. The number of pyridine rings is 1. The van der Waals surface area contributed by atoms with Gasteiger partial charge in [-0.05, 0) is 11.1 Å². The molecule has 128 valence electrons. The van der Waals surface area contributed by atoms with Gasteiger partial charge >= 0.3 is 5.97 Å². The zero-order chi connectivity index (χ0) is 18.1. The summed E-state index contributed by atoms with van der Waals surface area (Å²) >= 11 is 0. The van der Waals surface area contributed by atoms with Gasteiger partial charge < -0.3 is 14.4 Å². The van der Waals surface area contributed by atoms with Crippen molar-refractivity contribution in [1.82, 2.24) is 4.57 Å². The van der Waals surface area contributed by atoms with Crippen molar-refractivity contribution in [2.45, 2.75) is 6.54 Å². The molecule has 5 heteroatoms. The number of aliphatic carboxylic acids is 1. The molecule has 0 aliphatic rings. The molecule has 25 heavy (non-hydrogen) atoms. The van der Waals surface area contributed by atoms with Crippen LogP contribution in [0.15, 0.2) is 83.8 Å². The molecule has 2 aromatic carbocycles. The molecule has 0 spiro atoms. The van der Waals surface area contributed by atoms with Crippen molar-refractivity contribution >= 4 is 5.97 Å². The van der Waals surface area contributed by atoms with E-state index < -0.39 is 5.97 Å². The molecular formula is C20H19NO4. The van der Waals surface area contributed by atoms with Gasteiger partial charge in [0.25, 0.3) is 0 Å². The summed E-state index contributed by atoms with van der Waals surface area (Å²) in [5.41, 5.74) is 2.34. The van der Waals surface area contributed by atoms with E-state index in [0.717, 1.165) is 0 Å². The zero-order valence-corrected chi connectivity index (χ0v) is 13.8. The molecule has 0 saturated heterocycles. The maximum atomic E-state index is 10.8. The summed E-state index contributed by atoms with van der Waals surface area (Å²) in [6.45, 7) is -0.219. The fourth-order valence-corrected chi connectivity index (χ4v) is 2.20. The Morgan fingerprint density at radius 1 is 0.960 bits per heavy atom. The van der Waals surface area contributed by atoms with Crippen molar-refractivity contribution < 1.29 is 14.6 Å². The van der Waals surface area contributed by atoms with Gasteiger partial charge in [-0.1, -0.05) is 60.7 Å². The molecule has 0 aliphatic heterocycles. The minimum Gasteiger partial charge on any atom is -0.482 e. The Bertz CT molecular complexity index is 820. The summed E-state index contributed by atoms with van der Waals surface area (Å²) in [5.74, 6) is -0.739. The van der Waals surface area contributed by atoms with Crippen LogP contribution in [0.25, 0.3) is 11.1 Å². The van der Waals surface area contributed by atoms with Crippen molar-refractivity contribution in [2.24, 2.45) is 0 Å². The lowest BCUT2D eigenvalue weighted by molar-refractivity contribution is -0.137. The predicted molar refractivity (Wildman–Crippen MR) is 96.8 cm³/mol. The number of benzene rings is 2. The number of carbonyl (C=O) groups is 1. The maximum Gasteiger partial charge on any atom is 0.323 e. The van der Waals surface area contributed by atoms with Crippen molar-refractivity contribution in [3.05, 3.63) is 89.2 Å². The Morgan fingerprint density at radius 2 is 1.48 bits per heavy atom. The third-order valence-corrected chi connectivity index (χ3v) is 3.36. The summed E-state index contributed by atoms with van der Waals surface area (Å²) in [7, 11) is 1.38. The zero-order valence-electron chi connectivity index (χ0n) is 13.8. The molecule has 1 heterocycles. The second kappa shape index (κ2) is 9.08. The van der Waals surface area contributed by atoms with E-state index in [2.05, 4.69) is 48.5 Å². The van der Waals surface area contributed by atoms with Crippen LogP contribution in [0.2, 0.25) is 0 Å². The van der Waals surface area contributed by atoms with Crippen molar-refractivity contribution in [3.8, 4) is 17.0 Å². The van der Waals surface area contributed by atoms with Crippen molar-refractivity contribution in [2.75, 3.05) is 7.11 Å². The number of methoxy groups -OCH3 is 1. The Kier molecular flexibility index (Phi) is 6.54. The SMILES string of the molecule is COc1cc(=O)ccn1CC(=O)O.c1ccc(-c2ccccc2)cc1. The molecular weight excluding hydrogens is 318 g/mol. The van der Waals surface area contributed by atoms with E-state index in [4.69, 9.17) is 9.84 Å². The second-order valence-electron chi connectivity index (χ2n) is 5.16. The monoisotopic (exact) mass is 337 g/mol. The first kappa shape index (κ1) is 18.0. The van der Waals surface area contributed by atoms with Gasteiger partial charge in [-0.15, -0.1) is 0 Å². The lowest BCUT2D eigenvalue weighted by Gasteiger charge is -2.08. The highest BCUT2D eigenvalue weighted by atomic mass is 16.5. The minimum atomic E-state index is -0.984. The number of aromatic nitrogens is 1. The number of carboxylic acid groups (broad SMARTS) is 1. The largest absolute Gasteiger partial charge is 0.482 e. The van der Waals surface area contributed by atoms with E-state index in [1.807, 2.05) is 12.1 Å². The molecule has 0 aliphatic carbocycles. The van der Waals surface area contributed by atoms with Gasteiger partial charge in [0.15, 0.2) is 11.3 Å². The van der Waals surface area contributed by atoms with Gasteiger partial charge in [-0.3, -0.25) is 9.59 Å². The summed E-state index contributed by atoms with van der Waals surface area (Å²) in [4.78, 5) is 21.2. The van der Waals surface area contributed by atoms with Crippen LogP contribution in [0, 0.1) is 0 Å². The van der Waals surface area contributed by atoms with Gasteiger partial charge in [-0.2, -0.15) is 0 Å². The van der Waals surface area contributed by atoms with E-state index >= 15 is 0 Å². The molecule has 5 nitrogen and oxygen atoms in total. The summed E-state index contributed by atoms with van der Waals surface area (Å²) < 4.78 is 6.16. The lowest BCUT2D eigenvalue weighted by Crippen LogP contribution is -2.13. The van der Waals surface area contributed by atoms with Crippen LogP contribution >= 0.6 is 0 Å². The average Bonchev–Trinajstić information content (AvgIpc) is 2.65. The normalized spacial score (nSPS) is 9.64. The number of ether oxygens (including phenoxy) is 1. The van der Waals surface area contributed by atoms with Gasteiger partial charge in [0, 0.05) is 18.3 Å². The Labute approximate surface area is 145 Å². The number of rotatable bonds is 4. The quantitative estimate of drug-likeness (QED) is 0.793. The molecule has 1 N–H and O–H groups in total. The fraction of sp³-hybridized carbons (Fsp3) is 0.100. The topological polar surface area (TPSA) is 68.5 Å². The van der Waals surface area contributed by atoms with E-state index in [1.165, 1.54) is 41.1 Å². The lowest BCUT2D eigenvalue weighted by atomic mass is 10.1. The Balaban J connectivity index is 0.000000181. The molecule has 0 unspecified atom stereocenters. The number of hydrogen-bond donors (Lipinski definition) is 1. The van der Waals surface area contributed by atoms with Crippen LogP contribution in [-0.2, 0) is 11.3 Å². The first-order valence-electron chi connectivity index (χ1n) is 7.67. The van der Waals surface area contributed by atoms with E-state index in [1.54, 1.807) is 0 Å². The third kappa shape index (κ3) is 5.66. The van der Waals surface area contributed by atoms with Crippen LogP contribution in [0.4, 0.5) is 0 Å².